The topological polar surface area (TPSA) is 38.7 Å². The smallest absolute Gasteiger partial charge is 0.204 e. The first-order chi connectivity index (χ1) is 19.8. The third-order valence-electron chi connectivity index (χ3n) is 9.07. The number of rotatable bonds is 13. The number of hydrogen-bond donors (Lipinski definition) is 1. The van der Waals surface area contributed by atoms with Crippen LogP contribution in [0, 0.1) is 35.1 Å². The Balaban J connectivity index is 1.27. The monoisotopic (exact) mass is 576 g/mol. The van der Waals surface area contributed by atoms with E-state index in [4.69, 9.17) is 9.47 Å². The molecule has 0 heterocycles. The van der Waals surface area contributed by atoms with Crippen molar-refractivity contribution < 1.29 is 32.1 Å². The Bertz CT molecular complexity index is 1140. The largest absolute Gasteiger partial charge is 0.490 e. The molecule has 3 nitrogen and oxygen atoms in total. The Morgan fingerprint density at radius 1 is 0.805 bits per heavy atom. The maximum Gasteiger partial charge on any atom is 0.204 e. The molecule has 0 amide bonds. The van der Waals surface area contributed by atoms with E-state index in [-0.39, 0.29) is 54.5 Å². The Morgan fingerprint density at radius 3 is 1.88 bits per heavy atom. The standard InChI is InChI=1S/C34H44F4O3/c1-3-5-6-20-40-29-18-19-30(34(38)33(29)37)41-21-22-8-10-23(11-9-22)26-16-17-27(32(36)31(26)35)24-12-14-25(15-13-24)28(39)7-4-2/h3,16-19,22-25,28,39H,1,4-15,20-21H2,2H3. The molecule has 4 rings (SSSR count). The summed E-state index contributed by atoms with van der Waals surface area (Å²) in [7, 11) is 0. The number of aliphatic hydroxyl groups is 1. The zero-order valence-electron chi connectivity index (χ0n) is 24.2. The molecule has 226 valence electrons. The molecule has 1 atom stereocenters. The first-order valence-corrected chi connectivity index (χ1v) is 15.3. The number of hydrogen-bond acceptors (Lipinski definition) is 3. The predicted molar refractivity (Wildman–Crippen MR) is 153 cm³/mol. The molecule has 0 aromatic heterocycles. The highest BCUT2D eigenvalue weighted by Crippen LogP contribution is 2.42. The second kappa shape index (κ2) is 15.1. The predicted octanol–water partition coefficient (Wildman–Crippen LogP) is 9.38. The minimum Gasteiger partial charge on any atom is -0.490 e. The summed E-state index contributed by atoms with van der Waals surface area (Å²) in [5.74, 6) is -3.61. The molecule has 0 radical (unpaired) electrons. The third kappa shape index (κ3) is 7.85. The van der Waals surface area contributed by atoms with Crippen LogP contribution in [0.3, 0.4) is 0 Å². The fraction of sp³-hybridized carbons (Fsp3) is 0.588. The lowest BCUT2D eigenvalue weighted by Crippen LogP contribution is -2.25. The first kappa shape index (κ1) is 31.4. The summed E-state index contributed by atoms with van der Waals surface area (Å²) in [6, 6.07) is 6.28. The number of allylic oxidation sites excluding steroid dienone is 1. The van der Waals surface area contributed by atoms with E-state index in [1.54, 1.807) is 18.2 Å². The van der Waals surface area contributed by atoms with E-state index in [1.165, 1.54) is 12.1 Å². The molecule has 2 aromatic rings. The van der Waals surface area contributed by atoms with Crippen LogP contribution in [0.4, 0.5) is 17.6 Å². The molecule has 0 aliphatic heterocycles. The van der Waals surface area contributed by atoms with Crippen molar-refractivity contribution >= 4 is 0 Å². The number of aliphatic hydroxyl groups excluding tert-OH is 1. The second-order valence-corrected chi connectivity index (χ2v) is 11.8. The zero-order chi connectivity index (χ0) is 29.4. The van der Waals surface area contributed by atoms with Gasteiger partial charge in [-0.25, -0.2) is 8.78 Å². The minimum absolute atomic E-state index is 0.0142. The van der Waals surface area contributed by atoms with Gasteiger partial charge in [0.2, 0.25) is 11.6 Å². The van der Waals surface area contributed by atoms with Gasteiger partial charge >= 0.3 is 0 Å². The van der Waals surface area contributed by atoms with Gasteiger partial charge in [0.15, 0.2) is 23.1 Å². The first-order valence-electron chi connectivity index (χ1n) is 15.3. The van der Waals surface area contributed by atoms with Crippen LogP contribution in [-0.2, 0) is 0 Å². The van der Waals surface area contributed by atoms with Crippen LogP contribution in [-0.4, -0.2) is 24.4 Å². The maximum atomic E-state index is 15.3. The third-order valence-corrected chi connectivity index (χ3v) is 9.07. The van der Waals surface area contributed by atoms with Crippen molar-refractivity contribution in [3.63, 3.8) is 0 Å². The van der Waals surface area contributed by atoms with Crippen LogP contribution in [0.5, 0.6) is 11.5 Å². The van der Waals surface area contributed by atoms with Crippen molar-refractivity contribution in [3.05, 3.63) is 71.3 Å². The Hall–Kier alpha value is -2.54. The van der Waals surface area contributed by atoms with Gasteiger partial charge in [0.25, 0.3) is 0 Å². The number of ether oxygens (including phenoxy) is 2. The summed E-state index contributed by atoms with van der Waals surface area (Å²) in [5, 5.41) is 10.3. The molecule has 2 fully saturated rings. The van der Waals surface area contributed by atoms with Gasteiger partial charge in [-0.3, -0.25) is 0 Å². The second-order valence-electron chi connectivity index (χ2n) is 11.8. The fourth-order valence-electron chi connectivity index (χ4n) is 6.55. The number of unbranched alkanes of at least 4 members (excludes halogenated alkanes) is 1. The van der Waals surface area contributed by atoms with E-state index < -0.39 is 23.3 Å². The molecule has 2 aromatic carbocycles. The van der Waals surface area contributed by atoms with Crippen molar-refractivity contribution in [1.29, 1.82) is 0 Å². The van der Waals surface area contributed by atoms with Crippen molar-refractivity contribution in [2.45, 2.75) is 102 Å². The number of benzene rings is 2. The lowest BCUT2D eigenvalue weighted by atomic mass is 9.75. The Morgan fingerprint density at radius 2 is 1.34 bits per heavy atom. The minimum atomic E-state index is -1.07. The highest BCUT2D eigenvalue weighted by molar-refractivity contribution is 5.35. The molecular formula is C34H44F4O3. The van der Waals surface area contributed by atoms with Gasteiger partial charge in [0.1, 0.15) is 0 Å². The normalized spacial score (nSPS) is 23.7. The summed E-state index contributed by atoms with van der Waals surface area (Å²) >= 11 is 0. The van der Waals surface area contributed by atoms with Crippen LogP contribution in [0.1, 0.15) is 107 Å². The van der Waals surface area contributed by atoms with Crippen molar-refractivity contribution in [2.24, 2.45) is 11.8 Å². The maximum absolute atomic E-state index is 15.3. The highest BCUT2D eigenvalue weighted by atomic mass is 19.2. The molecule has 0 bridgehead atoms. The van der Waals surface area contributed by atoms with E-state index in [0.717, 1.165) is 57.8 Å². The van der Waals surface area contributed by atoms with Crippen LogP contribution in [0.25, 0.3) is 0 Å². The average molecular weight is 577 g/mol. The van der Waals surface area contributed by atoms with Gasteiger partial charge in [-0.15, -0.1) is 6.58 Å². The van der Waals surface area contributed by atoms with Crippen LogP contribution in [0.15, 0.2) is 36.9 Å². The molecule has 7 heteroatoms. The van der Waals surface area contributed by atoms with Gasteiger partial charge in [-0.05, 0) is 118 Å². The van der Waals surface area contributed by atoms with Gasteiger partial charge in [-0.2, -0.15) is 8.78 Å². The molecule has 2 aliphatic rings. The van der Waals surface area contributed by atoms with Gasteiger partial charge in [-0.1, -0.05) is 31.6 Å². The summed E-state index contributed by atoms with van der Waals surface area (Å²) in [6.45, 7) is 6.18. The molecule has 1 unspecified atom stereocenters. The van der Waals surface area contributed by atoms with Crippen molar-refractivity contribution in [2.75, 3.05) is 13.2 Å². The lowest BCUT2D eigenvalue weighted by molar-refractivity contribution is 0.0727. The van der Waals surface area contributed by atoms with Gasteiger partial charge in [0, 0.05) is 0 Å². The Kier molecular flexibility index (Phi) is 11.5. The van der Waals surface area contributed by atoms with Crippen LogP contribution >= 0.6 is 0 Å². The van der Waals surface area contributed by atoms with E-state index in [1.807, 2.05) is 0 Å². The molecule has 41 heavy (non-hydrogen) atoms. The van der Waals surface area contributed by atoms with Crippen LogP contribution in [0.2, 0.25) is 0 Å². The SMILES string of the molecule is C=CCCCOc1ccc(OCC2CCC(c3ccc(C4CCC(C(O)CCC)CC4)c(F)c3F)CC2)c(F)c1F. The van der Waals surface area contributed by atoms with E-state index >= 15 is 8.78 Å². The average Bonchev–Trinajstić information content (AvgIpc) is 2.99. The summed E-state index contributed by atoms with van der Waals surface area (Å²) in [5.41, 5.74) is 0.883. The fourth-order valence-corrected chi connectivity index (χ4v) is 6.55. The van der Waals surface area contributed by atoms with E-state index in [2.05, 4.69) is 13.5 Å². The molecule has 0 spiro atoms. The molecule has 2 aliphatic carbocycles. The van der Waals surface area contributed by atoms with Crippen molar-refractivity contribution in [3.8, 4) is 11.5 Å². The van der Waals surface area contributed by atoms with Gasteiger partial charge in [0.05, 0.1) is 19.3 Å². The number of halogens is 4. The lowest BCUT2D eigenvalue weighted by Gasteiger charge is -2.32. The van der Waals surface area contributed by atoms with E-state index in [9.17, 15) is 13.9 Å². The van der Waals surface area contributed by atoms with Crippen LogP contribution < -0.4 is 9.47 Å². The summed E-state index contributed by atoms with van der Waals surface area (Å²) in [6.07, 6.45) is 10.6. The van der Waals surface area contributed by atoms with E-state index in [0.29, 0.717) is 30.4 Å². The quantitative estimate of drug-likeness (QED) is 0.147. The molecule has 2 saturated carbocycles. The molecule has 1 N–H and O–H groups in total. The van der Waals surface area contributed by atoms with Gasteiger partial charge < -0.3 is 14.6 Å². The Labute approximate surface area is 241 Å². The highest BCUT2D eigenvalue weighted by Gasteiger charge is 2.31. The summed E-state index contributed by atoms with van der Waals surface area (Å²) < 4.78 is 70.4. The zero-order valence-corrected chi connectivity index (χ0v) is 24.2. The molecule has 0 saturated heterocycles. The summed E-state index contributed by atoms with van der Waals surface area (Å²) in [4.78, 5) is 0. The molecular weight excluding hydrogens is 532 g/mol. The van der Waals surface area contributed by atoms with Crippen molar-refractivity contribution in [1.82, 2.24) is 0 Å².